The zero-order valence-electron chi connectivity index (χ0n) is 16.9. The van der Waals surface area contributed by atoms with E-state index in [1.54, 1.807) is 7.05 Å². The van der Waals surface area contributed by atoms with Gasteiger partial charge in [0.25, 0.3) is 0 Å². The Balaban J connectivity index is 0. The van der Waals surface area contributed by atoms with Gasteiger partial charge in [0, 0.05) is 13.5 Å². The van der Waals surface area contributed by atoms with Crippen LogP contribution in [0.5, 0.6) is 0 Å². The van der Waals surface area contributed by atoms with Gasteiger partial charge in [0.1, 0.15) is 0 Å². The van der Waals surface area contributed by atoms with Gasteiger partial charge in [-0.25, -0.2) is 5.06 Å². The molecule has 0 heterocycles. The van der Waals surface area contributed by atoms with Crippen LogP contribution >= 0.6 is 0 Å². The standard InChI is InChI=1S/C16H33NO3.C3H8/c1-7-10-14(13-20-16(2,3)4)11-8-9-12-15(18)17(5)19-6;1-3-2/h14H,7-13H2,1-6H3;3H2,1-2H3. The van der Waals surface area contributed by atoms with Crippen LogP contribution < -0.4 is 0 Å². The number of hydrogen-bond donors (Lipinski definition) is 0. The van der Waals surface area contributed by atoms with Gasteiger partial charge in [0.2, 0.25) is 5.91 Å². The molecule has 0 aliphatic heterocycles. The summed E-state index contributed by atoms with van der Waals surface area (Å²) >= 11 is 0. The SMILES string of the molecule is CCC.CCCC(CCCCC(=O)N(C)OC)COC(C)(C)C. The number of carbonyl (C=O) groups is 1. The summed E-state index contributed by atoms with van der Waals surface area (Å²) < 4.78 is 5.88. The molecule has 0 saturated carbocycles. The summed E-state index contributed by atoms with van der Waals surface area (Å²) in [5.41, 5.74) is -0.0663. The lowest BCUT2D eigenvalue weighted by molar-refractivity contribution is -0.168. The van der Waals surface area contributed by atoms with Gasteiger partial charge >= 0.3 is 0 Å². The largest absolute Gasteiger partial charge is 0.376 e. The van der Waals surface area contributed by atoms with Crippen molar-refractivity contribution in [3.63, 3.8) is 0 Å². The van der Waals surface area contributed by atoms with Crippen LogP contribution in [0.1, 0.15) is 86.5 Å². The second-order valence-corrected chi connectivity index (χ2v) is 7.10. The second-order valence-electron chi connectivity index (χ2n) is 7.10. The quantitative estimate of drug-likeness (QED) is 0.407. The van der Waals surface area contributed by atoms with Gasteiger partial charge in [0.15, 0.2) is 0 Å². The van der Waals surface area contributed by atoms with E-state index in [9.17, 15) is 4.79 Å². The molecule has 0 aromatic carbocycles. The Morgan fingerprint density at radius 3 is 2.09 bits per heavy atom. The molecule has 0 bridgehead atoms. The highest BCUT2D eigenvalue weighted by Gasteiger charge is 2.15. The van der Waals surface area contributed by atoms with Crippen molar-refractivity contribution < 1.29 is 14.4 Å². The fourth-order valence-corrected chi connectivity index (χ4v) is 2.06. The fourth-order valence-electron chi connectivity index (χ4n) is 2.06. The Kier molecular flexibility index (Phi) is 16.0. The summed E-state index contributed by atoms with van der Waals surface area (Å²) in [6, 6.07) is 0. The highest BCUT2D eigenvalue weighted by molar-refractivity contribution is 5.74. The van der Waals surface area contributed by atoms with Crippen molar-refractivity contribution in [3.8, 4) is 0 Å². The predicted molar refractivity (Wildman–Crippen MR) is 98.3 cm³/mol. The minimum Gasteiger partial charge on any atom is -0.376 e. The summed E-state index contributed by atoms with van der Waals surface area (Å²) in [4.78, 5) is 16.4. The molecule has 0 aliphatic carbocycles. The molecule has 1 amide bonds. The number of ether oxygens (including phenoxy) is 1. The molecule has 4 heteroatoms. The Bertz CT molecular complexity index is 274. The predicted octanol–water partition coefficient (Wildman–Crippen LogP) is 5.21. The van der Waals surface area contributed by atoms with Crippen molar-refractivity contribution in [1.29, 1.82) is 0 Å². The van der Waals surface area contributed by atoms with Gasteiger partial charge in [-0.1, -0.05) is 40.0 Å². The molecule has 23 heavy (non-hydrogen) atoms. The van der Waals surface area contributed by atoms with Crippen LogP contribution in [0, 0.1) is 5.92 Å². The summed E-state index contributed by atoms with van der Waals surface area (Å²) in [6.45, 7) is 13.6. The molecule has 0 rings (SSSR count). The molecule has 140 valence electrons. The first-order valence-corrected chi connectivity index (χ1v) is 9.16. The number of hydrogen-bond acceptors (Lipinski definition) is 3. The molecule has 1 atom stereocenters. The van der Waals surface area contributed by atoms with Crippen molar-refractivity contribution in [2.24, 2.45) is 5.92 Å². The highest BCUT2D eigenvalue weighted by atomic mass is 16.7. The van der Waals surface area contributed by atoms with E-state index < -0.39 is 0 Å². The first-order chi connectivity index (χ1) is 10.7. The van der Waals surface area contributed by atoms with Crippen molar-refractivity contribution >= 4 is 5.91 Å². The van der Waals surface area contributed by atoms with E-state index in [1.807, 2.05) is 0 Å². The van der Waals surface area contributed by atoms with Gasteiger partial charge in [-0.3, -0.25) is 9.63 Å². The van der Waals surface area contributed by atoms with E-state index in [4.69, 9.17) is 9.57 Å². The fraction of sp³-hybridized carbons (Fsp3) is 0.947. The lowest BCUT2D eigenvalue weighted by Crippen LogP contribution is -2.25. The first kappa shape index (κ1) is 24.6. The number of hydroxylamine groups is 2. The molecule has 0 aliphatic rings. The maximum atomic E-state index is 11.6. The maximum Gasteiger partial charge on any atom is 0.245 e. The smallest absolute Gasteiger partial charge is 0.245 e. The average molecular weight is 332 g/mol. The Labute approximate surface area is 144 Å². The zero-order chi connectivity index (χ0) is 18.3. The average Bonchev–Trinajstić information content (AvgIpc) is 2.47. The van der Waals surface area contributed by atoms with Gasteiger partial charge < -0.3 is 4.74 Å². The van der Waals surface area contributed by atoms with Crippen LogP contribution in [0.2, 0.25) is 0 Å². The van der Waals surface area contributed by atoms with E-state index in [0.717, 1.165) is 25.9 Å². The van der Waals surface area contributed by atoms with Crippen LogP contribution in [0.25, 0.3) is 0 Å². The monoisotopic (exact) mass is 331 g/mol. The third-order valence-corrected chi connectivity index (χ3v) is 3.33. The molecule has 0 saturated heterocycles. The van der Waals surface area contributed by atoms with E-state index in [2.05, 4.69) is 41.5 Å². The number of rotatable bonds is 10. The van der Waals surface area contributed by atoms with E-state index in [-0.39, 0.29) is 11.5 Å². The Hall–Kier alpha value is -0.610. The third-order valence-electron chi connectivity index (χ3n) is 3.33. The maximum absolute atomic E-state index is 11.6. The molecule has 0 radical (unpaired) electrons. The van der Waals surface area contributed by atoms with Gasteiger partial charge in [-0.2, -0.15) is 0 Å². The van der Waals surface area contributed by atoms with E-state index in [1.165, 1.54) is 31.4 Å². The van der Waals surface area contributed by atoms with Crippen molar-refractivity contribution in [2.45, 2.75) is 92.1 Å². The number of unbranched alkanes of at least 4 members (excludes halogenated alkanes) is 1. The third kappa shape index (κ3) is 17.6. The molecule has 0 spiro atoms. The molecule has 4 nitrogen and oxygen atoms in total. The lowest BCUT2D eigenvalue weighted by atomic mass is 9.97. The highest BCUT2D eigenvalue weighted by Crippen LogP contribution is 2.19. The topological polar surface area (TPSA) is 38.8 Å². The summed E-state index contributed by atoms with van der Waals surface area (Å²) in [6.07, 6.45) is 7.31. The second kappa shape index (κ2) is 14.9. The minimum absolute atomic E-state index is 0.0467. The van der Waals surface area contributed by atoms with Crippen molar-refractivity contribution in [3.05, 3.63) is 0 Å². The van der Waals surface area contributed by atoms with Crippen LogP contribution in [-0.2, 0) is 14.4 Å². The number of carbonyl (C=O) groups excluding carboxylic acids is 1. The summed E-state index contributed by atoms with van der Waals surface area (Å²) in [5, 5.41) is 1.30. The van der Waals surface area contributed by atoms with Crippen molar-refractivity contribution in [2.75, 3.05) is 20.8 Å². The minimum atomic E-state index is -0.0663. The molecule has 0 aromatic rings. The van der Waals surface area contributed by atoms with Gasteiger partial charge in [-0.15, -0.1) is 0 Å². The van der Waals surface area contributed by atoms with E-state index in [0.29, 0.717) is 12.3 Å². The zero-order valence-corrected chi connectivity index (χ0v) is 16.9. The van der Waals surface area contributed by atoms with Crippen molar-refractivity contribution in [1.82, 2.24) is 5.06 Å². The first-order valence-electron chi connectivity index (χ1n) is 9.16. The summed E-state index contributed by atoms with van der Waals surface area (Å²) in [7, 11) is 3.17. The summed E-state index contributed by atoms with van der Waals surface area (Å²) in [5.74, 6) is 0.653. The molecule has 0 fully saturated rings. The van der Waals surface area contributed by atoms with Gasteiger partial charge in [0.05, 0.1) is 19.3 Å². The van der Waals surface area contributed by atoms with E-state index >= 15 is 0 Å². The lowest BCUT2D eigenvalue weighted by Gasteiger charge is -2.24. The van der Waals surface area contributed by atoms with Crippen LogP contribution in [0.15, 0.2) is 0 Å². The molecule has 0 N–H and O–H groups in total. The number of amides is 1. The molecular formula is C19H41NO3. The Morgan fingerprint density at radius 2 is 1.65 bits per heavy atom. The molecular weight excluding hydrogens is 290 g/mol. The van der Waals surface area contributed by atoms with Crippen LogP contribution in [0.4, 0.5) is 0 Å². The van der Waals surface area contributed by atoms with Gasteiger partial charge in [-0.05, 0) is 46.0 Å². The van der Waals surface area contributed by atoms with Crippen LogP contribution in [0.3, 0.4) is 0 Å². The van der Waals surface area contributed by atoms with Crippen LogP contribution in [-0.4, -0.2) is 37.3 Å². The normalized spacial score (nSPS) is 12.3. The number of nitrogens with zero attached hydrogens (tertiary/aromatic N) is 1. The molecule has 0 aromatic heterocycles. The Morgan fingerprint density at radius 1 is 1.09 bits per heavy atom. The molecule has 1 unspecified atom stereocenters.